The smallest absolute Gasteiger partial charge is 0.253 e. The third kappa shape index (κ3) is 3.68. The number of aromatic nitrogens is 2. The molecule has 2 rings (SSSR count). The standard InChI is InChI=1S/C14H16N4O2/c1-10-7-14(20)18(9-16-10)6-5-13(19)17-12-4-2-3-11(15)8-12/h2-4,7-9H,5-6,15H2,1H3,(H,17,19). The Bertz CT molecular complexity index is 679. The van der Waals surface area contributed by atoms with Gasteiger partial charge in [0, 0.05) is 36.1 Å². The van der Waals surface area contributed by atoms with Crippen LogP contribution in [0, 0.1) is 6.92 Å². The van der Waals surface area contributed by atoms with Crippen molar-refractivity contribution in [2.45, 2.75) is 19.9 Å². The Morgan fingerprint density at radius 1 is 1.40 bits per heavy atom. The monoisotopic (exact) mass is 272 g/mol. The molecular formula is C14H16N4O2. The van der Waals surface area contributed by atoms with E-state index in [0.717, 1.165) is 0 Å². The molecule has 0 saturated heterocycles. The van der Waals surface area contributed by atoms with Crippen molar-refractivity contribution in [3.63, 3.8) is 0 Å². The zero-order chi connectivity index (χ0) is 14.5. The Balaban J connectivity index is 1.94. The number of hydrogen-bond donors (Lipinski definition) is 2. The van der Waals surface area contributed by atoms with Gasteiger partial charge in [-0.1, -0.05) is 6.07 Å². The molecule has 2 aromatic rings. The van der Waals surface area contributed by atoms with Gasteiger partial charge in [0.2, 0.25) is 5.91 Å². The number of amides is 1. The number of anilines is 2. The molecule has 0 bridgehead atoms. The van der Waals surface area contributed by atoms with Crippen molar-refractivity contribution in [2.24, 2.45) is 0 Å². The highest BCUT2D eigenvalue weighted by atomic mass is 16.1. The van der Waals surface area contributed by atoms with Crippen LogP contribution in [0.1, 0.15) is 12.1 Å². The molecule has 20 heavy (non-hydrogen) atoms. The van der Waals surface area contributed by atoms with E-state index in [1.165, 1.54) is 17.0 Å². The van der Waals surface area contributed by atoms with Crippen LogP contribution in [0.3, 0.4) is 0 Å². The number of carbonyl (C=O) groups excluding carboxylic acids is 1. The number of aryl methyl sites for hydroxylation is 2. The number of nitrogens with one attached hydrogen (secondary N) is 1. The fraction of sp³-hybridized carbons (Fsp3) is 0.214. The first-order chi connectivity index (χ1) is 9.54. The van der Waals surface area contributed by atoms with Crippen molar-refractivity contribution < 1.29 is 4.79 Å². The average molecular weight is 272 g/mol. The Kier molecular flexibility index (Phi) is 4.14. The quantitative estimate of drug-likeness (QED) is 0.817. The Morgan fingerprint density at radius 3 is 2.90 bits per heavy atom. The molecule has 0 aliphatic carbocycles. The predicted octanol–water partition coefficient (Wildman–Crippen LogP) is 1.16. The molecule has 0 atom stereocenters. The van der Waals surface area contributed by atoms with E-state index >= 15 is 0 Å². The number of rotatable bonds is 4. The van der Waals surface area contributed by atoms with Crippen LogP contribution in [0.25, 0.3) is 0 Å². The molecule has 1 heterocycles. The second kappa shape index (κ2) is 6.01. The van der Waals surface area contributed by atoms with Crippen molar-refractivity contribution in [1.29, 1.82) is 0 Å². The molecular weight excluding hydrogens is 256 g/mol. The zero-order valence-corrected chi connectivity index (χ0v) is 11.2. The molecule has 1 aromatic heterocycles. The van der Waals surface area contributed by atoms with Crippen LogP contribution in [0.2, 0.25) is 0 Å². The maximum atomic E-state index is 11.8. The fourth-order valence-corrected chi connectivity index (χ4v) is 1.75. The second-order valence-electron chi connectivity index (χ2n) is 4.49. The topological polar surface area (TPSA) is 90.0 Å². The van der Waals surface area contributed by atoms with Gasteiger partial charge in [0.05, 0.1) is 6.33 Å². The molecule has 6 nitrogen and oxygen atoms in total. The van der Waals surface area contributed by atoms with E-state index in [2.05, 4.69) is 10.3 Å². The van der Waals surface area contributed by atoms with E-state index in [-0.39, 0.29) is 17.9 Å². The van der Waals surface area contributed by atoms with Crippen molar-refractivity contribution in [1.82, 2.24) is 9.55 Å². The normalized spacial score (nSPS) is 10.2. The van der Waals surface area contributed by atoms with Crippen molar-refractivity contribution in [2.75, 3.05) is 11.1 Å². The molecule has 1 amide bonds. The lowest BCUT2D eigenvalue weighted by Gasteiger charge is -2.07. The molecule has 0 radical (unpaired) electrons. The summed E-state index contributed by atoms with van der Waals surface area (Å²) in [7, 11) is 0. The minimum absolute atomic E-state index is 0.158. The molecule has 0 fully saturated rings. The van der Waals surface area contributed by atoms with Crippen LogP contribution in [-0.4, -0.2) is 15.5 Å². The number of nitrogen functional groups attached to an aromatic ring is 1. The van der Waals surface area contributed by atoms with E-state index in [1.807, 2.05) is 0 Å². The highest BCUT2D eigenvalue weighted by molar-refractivity contribution is 5.91. The lowest BCUT2D eigenvalue weighted by molar-refractivity contribution is -0.116. The summed E-state index contributed by atoms with van der Waals surface area (Å²) in [5, 5.41) is 2.73. The van der Waals surface area contributed by atoms with Gasteiger partial charge in [0.1, 0.15) is 0 Å². The summed E-state index contributed by atoms with van der Waals surface area (Å²) in [4.78, 5) is 27.4. The first-order valence-corrected chi connectivity index (χ1v) is 6.23. The second-order valence-corrected chi connectivity index (χ2v) is 4.49. The molecule has 0 aliphatic heterocycles. The lowest BCUT2D eigenvalue weighted by atomic mass is 10.2. The predicted molar refractivity (Wildman–Crippen MR) is 77.3 cm³/mol. The first-order valence-electron chi connectivity index (χ1n) is 6.23. The summed E-state index contributed by atoms with van der Waals surface area (Å²) < 4.78 is 1.41. The Labute approximate surface area is 116 Å². The molecule has 104 valence electrons. The van der Waals surface area contributed by atoms with E-state index in [0.29, 0.717) is 23.6 Å². The highest BCUT2D eigenvalue weighted by Crippen LogP contribution is 2.11. The van der Waals surface area contributed by atoms with E-state index < -0.39 is 0 Å². The number of benzene rings is 1. The van der Waals surface area contributed by atoms with Crippen molar-refractivity contribution >= 4 is 17.3 Å². The largest absolute Gasteiger partial charge is 0.399 e. The third-order valence-electron chi connectivity index (χ3n) is 2.77. The average Bonchev–Trinajstić information content (AvgIpc) is 2.37. The van der Waals surface area contributed by atoms with Crippen LogP contribution in [0.5, 0.6) is 0 Å². The summed E-state index contributed by atoms with van der Waals surface area (Å²) in [5.41, 5.74) is 7.36. The van der Waals surface area contributed by atoms with Gasteiger partial charge in [-0.15, -0.1) is 0 Å². The number of carbonyl (C=O) groups is 1. The van der Waals surface area contributed by atoms with Crippen LogP contribution in [0.15, 0.2) is 41.5 Å². The van der Waals surface area contributed by atoms with E-state index in [1.54, 1.807) is 31.2 Å². The van der Waals surface area contributed by atoms with Crippen molar-refractivity contribution in [3.8, 4) is 0 Å². The van der Waals surface area contributed by atoms with Gasteiger partial charge >= 0.3 is 0 Å². The maximum Gasteiger partial charge on any atom is 0.253 e. The summed E-state index contributed by atoms with van der Waals surface area (Å²) >= 11 is 0. The molecule has 0 aliphatic rings. The van der Waals surface area contributed by atoms with Crippen LogP contribution in [-0.2, 0) is 11.3 Å². The van der Waals surface area contributed by atoms with Crippen LogP contribution >= 0.6 is 0 Å². The molecule has 0 spiro atoms. The number of nitrogens with zero attached hydrogens (tertiary/aromatic N) is 2. The van der Waals surface area contributed by atoms with Crippen LogP contribution < -0.4 is 16.6 Å². The summed E-state index contributed by atoms with van der Waals surface area (Å²) in [6, 6.07) is 8.38. The third-order valence-corrected chi connectivity index (χ3v) is 2.77. The van der Waals surface area contributed by atoms with Crippen molar-refractivity contribution in [3.05, 3.63) is 52.7 Å². The summed E-state index contributed by atoms with van der Waals surface area (Å²) in [6.07, 6.45) is 1.64. The Morgan fingerprint density at radius 2 is 2.20 bits per heavy atom. The lowest BCUT2D eigenvalue weighted by Crippen LogP contribution is -2.23. The van der Waals surface area contributed by atoms with Crippen LogP contribution in [0.4, 0.5) is 11.4 Å². The van der Waals surface area contributed by atoms with Gasteiger partial charge in [-0.25, -0.2) is 4.98 Å². The minimum Gasteiger partial charge on any atom is -0.399 e. The molecule has 6 heteroatoms. The maximum absolute atomic E-state index is 11.8. The van der Waals surface area contributed by atoms with Gasteiger partial charge in [-0.05, 0) is 25.1 Å². The molecule has 0 unspecified atom stereocenters. The molecule has 3 N–H and O–H groups in total. The van der Waals surface area contributed by atoms with E-state index in [9.17, 15) is 9.59 Å². The molecule has 0 saturated carbocycles. The minimum atomic E-state index is -0.178. The summed E-state index contributed by atoms with van der Waals surface area (Å²) in [6.45, 7) is 2.04. The van der Waals surface area contributed by atoms with E-state index in [4.69, 9.17) is 5.73 Å². The Hall–Kier alpha value is -2.63. The van der Waals surface area contributed by atoms with Gasteiger partial charge in [0.15, 0.2) is 0 Å². The number of hydrogen-bond acceptors (Lipinski definition) is 4. The van der Waals surface area contributed by atoms with Gasteiger partial charge in [-0.3, -0.25) is 14.2 Å². The zero-order valence-electron chi connectivity index (χ0n) is 11.2. The van der Waals surface area contributed by atoms with Gasteiger partial charge in [0.25, 0.3) is 5.56 Å². The molecule has 1 aromatic carbocycles. The van der Waals surface area contributed by atoms with Gasteiger partial charge in [-0.2, -0.15) is 0 Å². The SMILES string of the molecule is Cc1cc(=O)n(CCC(=O)Nc2cccc(N)c2)cn1. The highest BCUT2D eigenvalue weighted by Gasteiger charge is 2.04. The van der Waals surface area contributed by atoms with Gasteiger partial charge < -0.3 is 11.1 Å². The number of nitrogens with two attached hydrogens (primary N) is 1. The first kappa shape index (κ1) is 13.8. The summed E-state index contributed by atoms with van der Waals surface area (Å²) in [5.74, 6) is -0.178. The fourth-order valence-electron chi connectivity index (χ4n) is 1.75.